The van der Waals surface area contributed by atoms with Crippen molar-refractivity contribution in [3.05, 3.63) is 71.3 Å². The maximum absolute atomic E-state index is 12.3. The Balaban J connectivity index is 1.80. The Kier molecular flexibility index (Phi) is 4.77. The van der Waals surface area contributed by atoms with Crippen LogP contribution in [0, 0.1) is 6.92 Å². The number of carbonyl (C=O) groups excluding carboxylic acids is 1. The largest absolute Gasteiger partial charge is 0.348 e. The lowest BCUT2D eigenvalue weighted by molar-refractivity contribution is -0.704. The van der Waals surface area contributed by atoms with Crippen molar-refractivity contribution < 1.29 is 10.1 Å². The van der Waals surface area contributed by atoms with Crippen LogP contribution < -0.4 is 10.6 Å². The number of quaternary nitrogens is 1. The topological polar surface area (TPSA) is 45.7 Å². The SMILES string of the molecule is Cc1ccc([C@H]([NH2+][C@@H](C)C(=O)NC2CC2)c2ccccc2)cc1. The van der Waals surface area contributed by atoms with Crippen LogP contribution in [0.15, 0.2) is 54.6 Å². The summed E-state index contributed by atoms with van der Waals surface area (Å²) >= 11 is 0. The number of rotatable bonds is 6. The highest BCUT2D eigenvalue weighted by Gasteiger charge is 2.29. The van der Waals surface area contributed by atoms with Crippen molar-refractivity contribution >= 4 is 5.91 Å². The maximum atomic E-state index is 12.3. The van der Waals surface area contributed by atoms with Gasteiger partial charge in [0.15, 0.2) is 6.04 Å². The number of nitrogens with one attached hydrogen (secondary N) is 1. The van der Waals surface area contributed by atoms with E-state index in [0.29, 0.717) is 6.04 Å². The van der Waals surface area contributed by atoms with Crippen molar-refractivity contribution in [2.45, 2.75) is 44.8 Å². The van der Waals surface area contributed by atoms with Crippen LogP contribution in [0.2, 0.25) is 0 Å². The monoisotopic (exact) mass is 309 g/mol. The number of carbonyl (C=O) groups is 1. The summed E-state index contributed by atoms with van der Waals surface area (Å²) < 4.78 is 0. The molecule has 0 radical (unpaired) electrons. The number of benzene rings is 2. The molecule has 3 heteroatoms. The molecule has 2 aromatic rings. The Bertz CT molecular complexity index is 647. The molecule has 1 aliphatic carbocycles. The van der Waals surface area contributed by atoms with Gasteiger partial charge < -0.3 is 10.6 Å². The molecule has 1 aliphatic rings. The molecule has 0 unspecified atom stereocenters. The predicted molar refractivity (Wildman–Crippen MR) is 92.0 cm³/mol. The van der Waals surface area contributed by atoms with E-state index in [1.54, 1.807) is 0 Å². The third-order valence-corrected chi connectivity index (χ3v) is 4.41. The maximum Gasteiger partial charge on any atom is 0.278 e. The van der Waals surface area contributed by atoms with E-state index in [2.05, 4.69) is 66.1 Å². The van der Waals surface area contributed by atoms with E-state index in [1.165, 1.54) is 16.7 Å². The van der Waals surface area contributed by atoms with Crippen molar-refractivity contribution in [2.24, 2.45) is 0 Å². The quantitative estimate of drug-likeness (QED) is 0.845. The molecule has 0 bridgehead atoms. The molecule has 2 atom stereocenters. The van der Waals surface area contributed by atoms with Crippen LogP contribution in [0.1, 0.15) is 42.5 Å². The Morgan fingerprint density at radius 1 is 1.04 bits per heavy atom. The first-order chi connectivity index (χ1) is 11.1. The molecular formula is C20H25N2O+. The number of hydrogen-bond donors (Lipinski definition) is 2. The van der Waals surface area contributed by atoms with Crippen LogP contribution in [0.5, 0.6) is 0 Å². The first kappa shape index (κ1) is 15.8. The van der Waals surface area contributed by atoms with E-state index in [0.717, 1.165) is 12.8 Å². The van der Waals surface area contributed by atoms with Gasteiger partial charge in [0.1, 0.15) is 6.04 Å². The summed E-state index contributed by atoms with van der Waals surface area (Å²) in [5, 5.41) is 5.27. The van der Waals surface area contributed by atoms with Crippen molar-refractivity contribution in [1.82, 2.24) is 5.32 Å². The molecule has 120 valence electrons. The van der Waals surface area contributed by atoms with Crippen LogP contribution in [0.4, 0.5) is 0 Å². The van der Waals surface area contributed by atoms with E-state index in [4.69, 9.17) is 0 Å². The van der Waals surface area contributed by atoms with Gasteiger partial charge in [0.25, 0.3) is 5.91 Å². The summed E-state index contributed by atoms with van der Waals surface area (Å²) in [6, 6.07) is 19.4. The lowest BCUT2D eigenvalue weighted by atomic mass is 9.97. The van der Waals surface area contributed by atoms with Gasteiger partial charge in [-0.25, -0.2) is 0 Å². The Labute approximate surface area is 138 Å². The molecule has 1 amide bonds. The van der Waals surface area contributed by atoms with E-state index in [1.807, 2.05) is 13.0 Å². The van der Waals surface area contributed by atoms with E-state index in [9.17, 15) is 4.79 Å². The third-order valence-electron chi connectivity index (χ3n) is 4.41. The Morgan fingerprint density at radius 2 is 1.65 bits per heavy atom. The zero-order valence-corrected chi connectivity index (χ0v) is 13.8. The molecule has 3 rings (SSSR count). The van der Waals surface area contributed by atoms with Crippen LogP contribution in [0.25, 0.3) is 0 Å². The van der Waals surface area contributed by atoms with Gasteiger partial charge in [0.05, 0.1) is 0 Å². The summed E-state index contributed by atoms with van der Waals surface area (Å²) in [6.45, 7) is 4.08. The van der Waals surface area contributed by atoms with Gasteiger partial charge in [-0.3, -0.25) is 4.79 Å². The zero-order chi connectivity index (χ0) is 16.2. The lowest BCUT2D eigenvalue weighted by Gasteiger charge is -2.21. The minimum absolute atomic E-state index is 0.109. The number of amides is 1. The molecule has 3 nitrogen and oxygen atoms in total. The van der Waals surface area contributed by atoms with Crippen molar-refractivity contribution in [1.29, 1.82) is 0 Å². The first-order valence-electron chi connectivity index (χ1n) is 8.40. The average molecular weight is 309 g/mol. The van der Waals surface area contributed by atoms with Gasteiger partial charge in [0, 0.05) is 17.2 Å². The standard InChI is InChI=1S/C20H24N2O/c1-14-8-10-17(11-9-14)19(16-6-4-3-5-7-16)21-15(2)20(23)22-18-12-13-18/h3-11,15,18-19,21H,12-13H2,1-2H3,(H,22,23)/p+1/t15-,19+/m0/s1. The van der Waals surface area contributed by atoms with Gasteiger partial charge >= 0.3 is 0 Å². The molecule has 0 heterocycles. The molecular weight excluding hydrogens is 284 g/mol. The van der Waals surface area contributed by atoms with Crippen molar-refractivity contribution in [3.63, 3.8) is 0 Å². The fourth-order valence-corrected chi connectivity index (χ4v) is 2.79. The lowest BCUT2D eigenvalue weighted by Crippen LogP contribution is -2.92. The second kappa shape index (κ2) is 6.97. The highest BCUT2D eigenvalue weighted by atomic mass is 16.2. The van der Waals surface area contributed by atoms with E-state index < -0.39 is 0 Å². The second-order valence-electron chi connectivity index (χ2n) is 6.56. The van der Waals surface area contributed by atoms with Crippen LogP contribution in [0.3, 0.4) is 0 Å². The van der Waals surface area contributed by atoms with Gasteiger partial charge in [0.2, 0.25) is 0 Å². The summed E-state index contributed by atoms with van der Waals surface area (Å²) in [7, 11) is 0. The summed E-state index contributed by atoms with van der Waals surface area (Å²) in [5.41, 5.74) is 3.70. The van der Waals surface area contributed by atoms with Gasteiger partial charge in [-0.15, -0.1) is 0 Å². The summed E-state index contributed by atoms with van der Waals surface area (Å²) in [4.78, 5) is 12.3. The fraction of sp³-hybridized carbons (Fsp3) is 0.350. The molecule has 23 heavy (non-hydrogen) atoms. The molecule has 1 fully saturated rings. The van der Waals surface area contributed by atoms with E-state index >= 15 is 0 Å². The van der Waals surface area contributed by atoms with Gasteiger partial charge in [-0.05, 0) is 26.7 Å². The second-order valence-corrected chi connectivity index (χ2v) is 6.56. The Morgan fingerprint density at radius 3 is 2.26 bits per heavy atom. The summed E-state index contributed by atoms with van der Waals surface area (Å²) in [6.07, 6.45) is 2.25. The Hall–Kier alpha value is -2.13. The summed E-state index contributed by atoms with van der Waals surface area (Å²) in [5.74, 6) is 0.139. The predicted octanol–water partition coefficient (Wildman–Crippen LogP) is 2.31. The number of nitrogens with two attached hydrogens (primary N) is 1. The third kappa shape index (κ3) is 4.20. The van der Waals surface area contributed by atoms with Crippen LogP contribution in [-0.2, 0) is 4.79 Å². The molecule has 0 aromatic heterocycles. The number of aryl methyl sites for hydroxylation is 1. The van der Waals surface area contributed by atoms with Crippen LogP contribution >= 0.6 is 0 Å². The molecule has 1 saturated carbocycles. The highest BCUT2D eigenvalue weighted by Crippen LogP contribution is 2.20. The molecule has 0 aliphatic heterocycles. The minimum atomic E-state index is -0.109. The van der Waals surface area contributed by atoms with E-state index in [-0.39, 0.29) is 18.0 Å². The molecule has 0 spiro atoms. The van der Waals surface area contributed by atoms with Crippen LogP contribution in [-0.4, -0.2) is 18.0 Å². The molecule has 0 saturated heterocycles. The normalized spacial score (nSPS) is 16.6. The molecule has 3 N–H and O–H groups in total. The highest BCUT2D eigenvalue weighted by molar-refractivity contribution is 5.80. The fourth-order valence-electron chi connectivity index (χ4n) is 2.79. The van der Waals surface area contributed by atoms with Crippen molar-refractivity contribution in [3.8, 4) is 0 Å². The minimum Gasteiger partial charge on any atom is -0.348 e. The van der Waals surface area contributed by atoms with Gasteiger partial charge in [-0.2, -0.15) is 0 Å². The zero-order valence-electron chi connectivity index (χ0n) is 13.8. The van der Waals surface area contributed by atoms with Gasteiger partial charge in [-0.1, -0.05) is 60.2 Å². The number of hydrogen-bond acceptors (Lipinski definition) is 1. The first-order valence-corrected chi connectivity index (χ1v) is 8.40. The smallest absolute Gasteiger partial charge is 0.278 e. The molecule has 2 aromatic carbocycles. The average Bonchev–Trinajstić information content (AvgIpc) is 3.38. The van der Waals surface area contributed by atoms with Crippen molar-refractivity contribution in [2.75, 3.05) is 0 Å².